The second-order valence-corrected chi connectivity index (χ2v) is 3.40. The number of carbonyl (C=O) groups excluding carboxylic acids is 1. The van der Waals surface area contributed by atoms with E-state index in [2.05, 4.69) is 4.74 Å². The van der Waals surface area contributed by atoms with Crippen LogP contribution in [-0.4, -0.2) is 24.2 Å². The van der Waals surface area contributed by atoms with Gasteiger partial charge in [-0.2, -0.15) is 22.0 Å². The quantitative estimate of drug-likeness (QED) is 0.434. The van der Waals surface area contributed by atoms with E-state index in [1.165, 1.54) is 13.8 Å². The van der Waals surface area contributed by atoms with Gasteiger partial charge in [0.1, 0.15) is 0 Å². The summed E-state index contributed by atoms with van der Waals surface area (Å²) in [6, 6.07) is 0. The number of allylic oxidation sites excluding steroid dienone is 1. The smallest absolute Gasteiger partial charge is 0.457 e. The Balaban J connectivity index is 4.84. The molecule has 94 valence electrons. The van der Waals surface area contributed by atoms with Crippen LogP contribution in [0.4, 0.5) is 22.0 Å². The normalized spacial score (nSPS) is 14.2. The minimum Gasteiger partial charge on any atom is -0.460 e. The van der Waals surface area contributed by atoms with Crippen molar-refractivity contribution in [1.82, 2.24) is 0 Å². The van der Waals surface area contributed by atoms with Gasteiger partial charge in [0.15, 0.2) is 0 Å². The predicted octanol–water partition coefficient (Wildman–Crippen LogP) is 3.08. The molecule has 0 aliphatic carbocycles. The van der Waals surface area contributed by atoms with Crippen LogP contribution in [0.2, 0.25) is 0 Å². The van der Waals surface area contributed by atoms with Gasteiger partial charge in [-0.15, -0.1) is 0 Å². The highest BCUT2D eigenvalue weighted by atomic mass is 19.4. The Bertz CT molecular complexity index is 291. The number of rotatable bonds is 3. The third kappa shape index (κ3) is 4.16. The SMILES string of the molecule is CC(=CC(F)(F)C(F)(F)F)C(=O)OC(C)C. The molecule has 0 aromatic carbocycles. The third-order valence-corrected chi connectivity index (χ3v) is 1.44. The monoisotopic (exact) mass is 246 g/mol. The average molecular weight is 246 g/mol. The maximum atomic E-state index is 12.5. The molecule has 0 radical (unpaired) electrons. The van der Waals surface area contributed by atoms with Gasteiger partial charge < -0.3 is 4.74 Å². The summed E-state index contributed by atoms with van der Waals surface area (Å²) in [5, 5.41) is 0. The number of esters is 1. The summed E-state index contributed by atoms with van der Waals surface area (Å²) in [7, 11) is 0. The van der Waals surface area contributed by atoms with Crippen LogP contribution in [0.3, 0.4) is 0 Å². The van der Waals surface area contributed by atoms with Crippen molar-refractivity contribution in [3.05, 3.63) is 11.6 Å². The first-order chi connectivity index (χ1) is 6.97. The van der Waals surface area contributed by atoms with E-state index in [1.807, 2.05) is 0 Å². The molecule has 0 saturated carbocycles. The van der Waals surface area contributed by atoms with Crippen LogP contribution >= 0.6 is 0 Å². The Morgan fingerprint density at radius 1 is 1.19 bits per heavy atom. The standard InChI is InChI=1S/C9H11F5O2/c1-5(2)16-7(15)6(3)4-8(10,11)9(12,13)14/h4-5H,1-3H3. The van der Waals surface area contributed by atoms with Gasteiger partial charge in [-0.3, -0.25) is 0 Å². The van der Waals surface area contributed by atoms with Crippen molar-refractivity contribution in [2.45, 2.75) is 39.0 Å². The van der Waals surface area contributed by atoms with Crippen molar-refractivity contribution in [1.29, 1.82) is 0 Å². The van der Waals surface area contributed by atoms with E-state index in [0.717, 1.165) is 6.92 Å². The zero-order valence-corrected chi connectivity index (χ0v) is 8.86. The molecule has 0 N–H and O–H groups in total. The lowest BCUT2D eigenvalue weighted by atomic mass is 10.2. The fourth-order valence-corrected chi connectivity index (χ4v) is 0.720. The van der Waals surface area contributed by atoms with Crippen molar-refractivity contribution in [3.63, 3.8) is 0 Å². The van der Waals surface area contributed by atoms with Crippen molar-refractivity contribution in [2.24, 2.45) is 0 Å². The van der Waals surface area contributed by atoms with Gasteiger partial charge in [0.2, 0.25) is 0 Å². The number of alkyl halides is 5. The summed E-state index contributed by atoms with van der Waals surface area (Å²) in [4.78, 5) is 11.0. The molecule has 0 atom stereocenters. The van der Waals surface area contributed by atoms with Crippen molar-refractivity contribution >= 4 is 5.97 Å². The van der Waals surface area contributed by atoms with Crippen LogP contribution in [0.25, 0.3) is 0 Å². The van der Waals surface area contributed by atoms with Crippen LogP contribution in [0.1, 0.15) is 20.8 Å². The van der Waals surface area contributed by atoms with E-state index in [4.69, 9.17) is 0 Å². The zero-order valence-electron chi connectivity index (χ0n) is 8.86. The highest BCUT2D eigenvalue weighted by molar-refractivity contribution is 5.88. The lowest BCUT2D eigenvalue weighted by molar-refractivity contribution is -0.259. The minimum absolute atomic E-state index is 0.447. The van der Waals surface area contributed by atoms with Crippen molar-refractivity contribution in [2.75, 3.05) is 0 Å². The topological polar surface area (TPSA) is 26.3 Å². The lowest BCUT2D eigenvalue weighted by Gasteiger charge is -2.16. The summed E-state index contributed by atoms with van der Waals surface area (Å²) < 4.78 is 64.7. The largest absolute Gasteiger partial charge is 0.460 e. The van der Waals surface area contributed by atoms with Gasteiger partial charge in [-0.05, 0) is 20.8 Å². The molecule has 7 heteroatoms. The Kier molecular flexibility index (Phi) is 4.45. The van der Waals surface area contributed by atoms with Gasteiger partial charge >= 0.3 is 18.1 Å². The van der Waals surface area contributed by atoms with Crippen LogP contribution in [-0.2, 0) is 9.53 Å². The highest BCUT2D eigenvalue weighted by Crippen LogP contribution is 2.37. The van der Waals surface area contributed by atoms with Crippen molar-refractivity contribution < 1.29 is 31.5 Å². The van der Waals surface area contributed by atoms with Crippen LogP contribution in [0.5, 0.6) is 0 Å². The highest BCUT2D eigenvalue weighted by Gasteiger charge is 2.56. The molecule has 2 nitrogen and oxygen atoms in total. The maximum absolute atomic E-state index is 12.5. The fourth-order valence-electron chi connectivity index (χ4n) is 0.720. The lowest BCUT2D eigenvalue weighted by Crippen LogP contribution is -2.35. The molecule has 0 amide bonds. The average Bonchev–Trinajstić information content (AvgIpc) is 1.99. The van der Waals surface area contributed by atoms with Crippen LogP contribution < -0.4 is 0 Å². The first kappa shape index (κ1) is 14.9. The number of hydrogen-bond donors (Lipinski definition) is 0. The Labute approximate surface area is 89.1 Å². The second kappa shape index (κ2) is 4.80. The molecule has 0 spiro atoms. The first-order valence-corrected chi connectivity index (χ1v) is 4.32. The van der Waals surface area contributed by atoms with E-state index in [1.54, 1.807) is 0 Å². The molecule has 0 fully saturated rings. The number of hydrogen-bond acceptors (Lipinski definition) is 2. The molecule has 0 bridgehead atoms. The molecule has 0 aliphatic heterocycles. The van der Waals surface area contributed by atoms with Crippen LogP contribution in [0, 0.1) is 0 Å². The summed E-state index contributed by atoms with van der Waals surface area (Å²) in [6.07, 6.45) is -6.75. The summed E-state index contributed by atoms with van der Waals surface area (Å²) in [5.74, 6) is -6.23. The van der Waals surface area contributed by atoms with E-state index < -0.39 is 35.8 Å². The van der Waals surface area contributed by atoms with Crippen LogP contribution in [0.15, 0.2) is 11.6 Å². The maximum Gasteiger partial charge on any atom is 0.457 e. The van der Waals surface area contributed by atoms with E-state index in [-0.39, 0.29) is 0 Å². The first-order valence-electron chi connectivity index (χ1n) is 4.32. The van der Waals surface area contributed by atoms with Gasteiger partial charge in [-0.1, -0.05) is 0 Å². The Morgan fingerprint density at radius 2 is 1.62 bits per heavy atom. The molecule has 0 unspecified atom stereocenters. The third-order valence-electron chi connectivity index (χ3n) is 1.44. The summed E-state index contributed by atoms with van der Waals surface area (Å²) >= 11 is 0. The second-order valence-electron chi connectivity index (χ2n) is 3.40. The van der Waals surface area contributed by atoms with E-state index >= 15 is 0 Å². The molecule has 0 saturated heterocycles. The van der Waals surface area contributed by atoms with Gasteiger partial charge in [0, 0.05) is 11.6 Å². The number of halogens is 5. The molecular weight excluding hydrogens is 235 g/mol. The fraction of sp³-hybridized carbons (Fsp3) is 0.667. The molecule has 16 heavy (non-hydrogen) atoms. The van der Waals surface area contributed by atoms with Crippen molar-refractivity contribution in [3.8, 4) is 0 Å². The number of ether oxygens (including phenoxy) is 1. The van der Waals surface area contributed by atoms with E-state index in [0.29, 0.717) is 0 Å². The number of carbonyl (C=O) groups is 1. The molecule has 0 rings (SSSR count). The van der Waals surface area contributed by atoms with E-state index in [9.17, 15) is 26.7 Å². The molecule has 0 aromatic rings. The predicted molar refractivity (Wildman–Crippen MR) is 46.0 cm³/mol. The van der Waals surface area contributed by atoms with Gasteiger partial charge in [-0.25, -0.2) is 4.79 Å². The minimum atomic E-state index is -5.72. The molecule has 0 aromatic heterocycles. The van der Waals surface area contributed by atoms with Gasteiger partial charge in [0.25, 0.3) is 0 Å². The molecule has 0 aliphatic rings. The Hall–Kier alpha value is -1.14. The Morgan fingerprint density at radius 3 is 1.94 bits per heavy atom. The molecule has 0 heterocycles. The van der Waals surface area contributed by atoms with Gasteiger partial charge in [0.05, 0.1) is 6.10 Å². The molecular formula is C9H11F5O2. The summed E-state index contributed by atoms with van der Waals surface area (Å²) in [6.45, 7) is 3.74. The summed E-state index contributed by atoms with van der Waals surface area (Å²) in [5.41, 5.74) is -0.781. The zero-order chi connectivity index (χ0) is 13.1.